The van der Waals surface area contributed by atoms with Gasteiger partial charge in [-0.2, -0.15) is 0 Å². The molecule has 0 bridgehead atoms. The average Bonchev–Trinajstić information content (AvgIpc) is 2.21. The molecular formula is C11H14FNO2. The zero-order chi connectivity index (χ0) is 11.4. The van der Waals surface area contributed by atoms with Gasteiger partial charge in [-0.1, -0.05) is 6.07 Å². The molecule has 4 heteroatoms. The molecule has 15 heavy (non-hydrogen) atoms. The summed E-state index contributed by atoms with van der Waals surface area (Å²) in [6.45, 7) is 1.83. The number of rotatable bonds is 3. The zero-order valence-corrected chi connectivity index (χ0v) is 8.79. The van der Waals surface area contributed by atoms with Crippen LogP contribution < -0.4 is 5.73 Å². The molecule has 0 saturated heterocycles. The van der Waals surface area contributed by atoms with E-state index in [4.69, 9.17) is 5.73 Å². The Morgan fingerprint density at radius 2 is 2.27 bits per heavy atom. The third-order valence-corrected chi connectivity index (χ3v) is 2.26. The third kappa shape index (κ3) is 3.02. The normalized spacial score (nSPS) is 12.3. The lowest BCUT2D eigenvalue weighted by molar-refractivity contribution is -0.141. The van der Waals surface area contributed by atoms with Gasteiger partial charge in [0.1, 0.15) is 5.82 Å². The minimum absolute atomic E-state index is 0.0563. The van der Waals surface area contributed by atoms with Crippen molar-refractivity contribution in [1.29, 1.82) is 0 Å². The first-order valence-corrected chi connectivity index (χ1v) is 4.63. The van der Waals surface area contributed by atoms with Crippen LogP contribution in [0.15, 0.2) is 18.2 Å². The van der Waals surface area contributed by atoms with E-state index in [1.807, 2.05) is 6.92 Å². The van der Waals surface area contributed by atoms with Gasteiger partial charge >= 0.3 is 5.97 Å². The number of benzene rings is 1. The number of aryl methyl sites for hydroxylation is 1. The van der Waals surface area contributed by atoms with Gasteiger partial charge in [0.15, 0.2) is 0 Å². The number of nitrogens with two attached hydrogens (primary N) is 1. The summed E-state index contributed by atoms with van der Waals surface area (Å²) >= 11 is 0. The molecule has 1 rings (SSSR count). The Kier molecular flexibility index (Phi) is 3.80. The summed E-state index contributed by atoms with van der Waals surface area (Å²) in [6, 6.07) is 3.84. The van der Waals surface area contributed by atoms with Crippen LogP contribution in [0.1, 0.15) is 23.6 Å². The Morgan fingerprint density at radius 1 is 1.60 bits per heavy atom. The molecule has 1 aromatic rings. The lowest BCUT2D eigenvalue weighted by Crippen LogP contribution is -2.17. The van der Waals surface area contributed by atoms with E-state index in [0.29, 0.717) is 5.56 Å². The molecule has 0 fully saturated rings. The summed E-state index contributed by atoms with van der Waals surface area (Å²) in [7, 11) is 1.30. The second-order valence-corrected chi connectivity index (χ2v) is 3.39. The van der Waals surface area contributed by atoms with Gasteiger partial charge in [-0.25, -0.2) is 4.39 Å². The van der Waals surface area contributed by atoms with Crippen LogP contribution in [0.2, 0.25) is 0 Å². The van der Waals surface area contributed by atoms with Crippen molar-refractivity contribution in [3.63, 3.8) is 0 Å². The molecule has 0 saturated carbocycles. The van der Waals surface area contributed by atoms with E-state index in [1.54, 1.807) is 6.07 Å². The number of ether oxygens (including phenoxy) is 1. The molecule has 0 aliphatic rings. The number of hydrogen-bond acceptors (Lipinski definition) is 3. The summed E-state index contributed by atoms with van der Waals surface area (Å²) in [5, 5.41) is 0. The summed E-state index contributed by atoms with van der Waals surface area (Å²) in [4.78, 5) is 11.0. The third-order valence-electron chi connectivity index (χ3n) is 2.26. The molecule has 3 nitrogen and oxygen atoms in total. The molecule has 0 amide bonds. The molecule has 1 atom stereocenters. The van der Waals surface area contributed by atoms with Crippen LogP contribution in [0.5, 0.6) is 0 Å². The second-order valence-electron chi connectivity index (χ2n) is 3.39. The predicted octanol–water partition coefficient (Wildman–Crippen LogP) is 1.70. The van der Waals surface area contributed by atoms with Crippen molar-refractivity contribution < 1.29 is 13.9 Å². The van der Waals surface area contributed by atoms with Crippen LogP contribution in [0.25, 0.3) is 0 Å². The summed E-state index contributed by atoms with van der Waals surface area (Å²) < 4.78 is 17.5. The maximum Gasteiger partial charge on any atom is 0.307 e. The molecule has 1 aromatic carbocycles. The molecule has 0 aliphatic carbocycles. The Hall–Kier alpha value is -1.42. The fourth-order valence-corrected chi connectivity index (χ4v) is 1.38. The molecular weight excluding hydrogens is 197 g/mol. The zero-order valence-electron chi connectivity index (χ0n) is 8.79. The Morgan fingerprint density at radius 3 is 2.87 bits per heavy atom. The average molecular weight is 211 g/mol. The smallest absolute Gasteiger partial charge is 0.307 e. The number of hydrogen-bond donors (Lipinski definition) is 1. The van der Waals surface area contributed by atoms with Gasteiger partial charge in [0, 0.05) is 6.04 Å². The molecule has 1 unspecified atom stereocenters. The summed E-state index contributed by atoms with van der Waals surface area (Å²) in [5.74, 6) is -0.748. The minimum Gasteiger partial charge on any atom is -0.469 e. The Balaban J connectivity index is 2.85. The van der Waals surface area contributed by atoms with Crippen LogP contribution >= 0.6 is 0 Å². The monoisotopic (exact) mass is 211 g/mol. The van der Waals surface area contributed by atoms with Crippen molar-refractivity contribution in [3.8, 4) is 0 Å². The van der Waals surface area contributed by atoms with Crippen LogP contribution in [-0.2, 0) is 9.53 Å². The standard InChI is InChI=1S/C11H14FNO2/c1-7-3-4-8(12)5-9(7)10(13)6-11(14)15-2/h3-5,10H,6,13H2,1-2H3. The van der Waals surface area contributed by atoms with Crippen molar-refractivity contribution >= 4 is 5.97 Å². The van der Waals surface area contributed by atoms with Crippen molar-refractivity contribution in [2.75, 3.05) is 7.11 Å². The maximum absolute atomic E-state index is 13.0. The Labute approximate surface area is 88.0 Å². The van der Waals surface area contributed by atoms with Gasteiger partial charge in [-0.3, -0.25) is 4.79 Å². The summed E-state index contributed by atoms with van der Waals surface area (Å²) in [5.41, 5.74) is 7.28. The minimum atomic E-state index is -0.520. The number of carbonyl (C=O) groups excluding carboxylic acids is 1. The molecule has 0 heterocycles. The van der Waals surface area contributed by atoms with Crippen molar-refractivity contribution in [2.45, 2.75) is 19.4 Å². The van der Waals surface area contributed by atoms with Crippen molar-refractivity contribution in [1.82, 2.24) is 0 Å². The first-order valence-electron chi connectivity index (χ1n) is 4.63. The topological polar surface area (TPSA) is 52.3 Å². The lowest BCUT2D eigenvalue weighted by atomic mass is 9.99. The van der Waals surface area contributed by atoms with Crippen molar-refractivity contribution in [3.05, 3.63) is 35.1 Å². The number of esters is 1. The van der Waals surface area contributed by atoms with Crippen molar-refractivity contribution in [2.24, 2.45) is 5.73 Å². The van der Waals surface area contributed by atoms with Crippen LogP contribution in [-0.4, -0.2) is 13.1 Å². The van der Waals surface area contributed by atoms with E-state index < -0.39 is 12.0 Å². The molecule has 2 N–H and O–H groups in total. The van der Waals surface area contributed by atoms with Crippen LogP contribution in [0, 0.1) is 12.7 Å². The fraction of sp³-hybridized carbons (Fsp3) is 0.364. The van der Waals surface area contributed by atoms with Gasteiger partial charge in [0.05, 0.1) is 13.5 Å². The number of methoxy groups -OCH3 is 1. The second kappa shape index (κ2) is 4.89. The molecule has 0 aliphatic heterocycles. The molecule has 82 valence electrons. The summed E-state index contributed by atoms with van der Waals surface area (Å²) in [6.07, 6.45) is 0.0563. The highest BCUT2D eigenvalue weighted by atomic mass is 19.1. The van der Waals surface area contributed by atoms with Gasteiger partial charge < -0.3 is 10.5 Å². The Bertz CT molecular complexity index is 366. The molecule has 0 radical (unpaired) electrons. The first-order chi connectivity index (χ1) is 7.04. The largest absolute Gasteiger partial charge is 0.469 e. The molecule has 0 spiro atoms. The van der Waals surface area contributed by atoms with Crippen LogP contribution in [0.4, 0.5) is 4.39 Å². The van der Waals surface area contributed by atoms with E-state index in [9.17, 15) is 9.18 Å². The maximum atomic E-state index is 13.0. The van der Waals surface area contributed by atoms with Gasteiger partial charge in [0.2, 0.25) is 0 Å². The number of carbonyl (C=O) groups is 1. The van der Waals surface area contributed by atoms with E-state index in [-0.39, 0.29) is 12.2 Å². The predicted molar refractivity (Wildman–Crippen MR) is 54.7 cm³/mol. The van der Waals surface area contributed by atoms with E-state index >= 15 is 0 Å². The fourth-order valence-electron chi connectivity index (χ4n) is 1.38. The number of halogens is 1. The van der Waals surface area contributed by atoms with E-state index in [0.717, 1.165) is 5.56 Å². The van der Waals surface area contributed by atoms with Gasteiger partial charge in [-0.15, -0.1) is 0 Å². The van der Waals surface area contributed by atoms with E-state index in [1.165, 1.54) is 19.2 Å². The highest BCUT2D eigenvalue weighted by Gasteiger charge is 2.14. The lowest BCUT2D eigenvalue weighted by Gasteiger charge is -2.13. The highest BCUT2D eigenvalue weighted by Crippen LogP contribution is 2.19. The first kappa shape index (κ1) is 11.7. The quantitative estimate of drug-likeness (QED) is 0.774. The van der Waals surface area contributed by atoms with Gasteiger partial charge in [-0.05, 0) is 30.2 Å². The molecule has 0 aromatic heterocycles. The van der Waals surface area contributed by atoms with E-state index in [2.05, 4.69) is 4.74 Å². The van der Waals surface area contributed by atoms with Crippen LogP contribution in [0.3, 0.4) is 0 Å². The SMILES string of the molecule is COC(=O)CC(N)c1cc(F)ccc1C. The highest BCUT2D eigenvalue weighted by molar-refractivity contribution is 5.70. The van der Waals surface area contributed by atoms with Gasteiger partial charge in [0.25, 0.3) is 0 Å².